The molecule has 2 rings (SSSR count). The van der Waals surface area contributed by atoms with E-state index in [0.29, 0.717) is 6.07 Å². The molecule has 0 aliphatic heterocycles. The molecule has 0 aromatic heterocycles. The molecule has 2 aromatic carbocycles. The van der Waals surface area contributed by atoms with Crippen LogP contribution in [0.1, 0.15) is 30.5 Å². The predicted molar refractivity (Wildman–Crippen MR) is 88.4 cm³/mol. The van der Waals surface area contributed by atoms with Crippen molar-refractivity contribution >= 4 is 5.97 Å². The van der Waals surface area contributed by atoms with Gasteiger partial charge in [-0.2, -0.15) is 0 Å². The van der Waals surface area contributed by atoms with Crippen LogP contribution in [0.3, 0.4) is 0 Å². The summed E-state index contributed by atoms with van der Waals surface area (Å²) < 4.78 is 45.1. The normalized spacial score (nSPS) is 13.3. The van der Waals surface area contributed by atoms with Gasteiger partial charge in [-0.1, -0.05) is 30.3 Å². The Bertz CT molecular complexity index is 722. The molecule has 0 saturated carbocycles. The van der Waals surface area contributed by atoms with Crippen LogP contribution in [-0.4, -0.2) is 19.1 Å². The maximum atomic E-state index is 13.9. The average molecular weight is 351 g/mol. The van der Waals surface area contributed by atoms with Gasteiger partial charge in [0.05, 0.1) is 13.5 Å². The minimum Gasteiger partial charge on any atom is -0.469 e. The van der Waals surface area contributed by atoms with Gasteiger partial charge in [0, 0.05) is 18.2 Å². The summed E-state index contributed by atoms with van der Waals surface area (Å²) in [5.74, 6) is -3.68. The Balaban J connectivity index is 2.18. The van der Waals surface area contributed by atoms with Crippen LogP contribution >= 0.6 is 0 Å². The molecule has 6 heteroatoms. The summed E-state index contributed by atoms with van der Waals surface area (Å²) in [4.78, 5) is 11.6. The third-order valence-corrected chi connectivity index (χ3v) is 3.98. The summed E-state index contributed by atoms with van der Waals surface area (Å²) in [7, 11) is 1.26. The number of hydrogen-bond donors (Lipinski definition) is 1. The lowest BCUT2D eigenvalue weighted by Crippen LogP contribution is -2.36. The lowest BCUT2D eigenvalue weighted by Gasteiger charge is -2.23. The molecular weight excluding hydrogens is 331 g/mol. The van der Waals surface area contributed by atoms with Gasteiger partial charge in [0.25, 0.3) is 0 Å². The first kappa shape index (κ1) is 19.0. The largest absolute Gasteiger partial charge is 0.469 e. The first-order valence-electron chi connectivity index (χ1n) is 7.92. The number of halogens is 3. The zero-order valence-corrected chi connectivity index (χ0v) is 14.1. The molecule has 0 saturated heterocycles. The molecule has 0 bridgehead atoms. The first-order valence-corrected chi connectivity index (χ1v) is 7.92. The Kier molecular flexibility index (Phi) is 6.58. The van der Waals surface area contributed by atoms with E-state index in [1.165, 1.54) is 7.11 Å². The number of methoxy groups -OCH3 is 1. The number of hydrogen-bond acceptors (Lipinski definition) is 3. The molecule has 1 N–H and O–H groups in total. The zero-order valence-electron chi connectivity index (χ0n) is 14.1. The molecule has 0 heterocycles. The summed E-state index contributed by atoms with van der Waals surface area (Å²) >= 11 is 0. The highest BCUT2D eigenvalue weighted by Gasteiger charge is 2.20. The summed E-state index contributed by atoms with van der Waals surface area (Å²) in [5, 5.41) is 3.22. The molecule has 3 nitrogen and oxygen atoms in total. The molecule has 0 fully saturated rings. The van der Waals surface area contributed by atoms with Crippen LogP contribution < -0.4 is 5.32 Å². The standard InChI is InChI=1S/C19H20F3NO2/c1-12(13-6-4-3-5-7-13)23-15(10-19(24)25-2)8-14-9-17(21)18(22)11-16(14)20/h3-7,9,11-12,15,23H,8,10H2,1-2H3/t12?,15-/m1/s1. The van der Waals surface area contributed by atoms with E-state index in [4.69, 9.17) is 0 Å². The van der Waals surface area contributed by atoms with E-state index in [9.17, 15) is 18.0 Å². The number of benzene rings is 2. The highest BCUT2D eigenvalue weighted by Crippen LogP contribution is 2.19. The Hall–Kier alpha value is -2.34. The lowest BCUT2D eigenvalue weighted by atomic mass is 10.00. The summed E-state index contributed by atoms with van der Waals surface area (Å²) in [6, 6.07) is 10.2. The van der Waals surface area contributed by atoms with Gasteiger partial charge in [-0.05, 0) is 30.5 Å². The molecular formula is C19H20F3NO2. The van der Waals surface area contributed by atoms with E-state index < -0.39 is 29.5 Å². The number of carbonyl (C=O) groups excluding carboxylic acids is 1. The second-order valence-corrected chi connectivity index (χ2v) is 5.84. The average Bonchev–Trinajstić information content (AvgIpc) is 2.60. The monoisotopic (exact) mass is 351 g/mol. The molecule has 0 spiro atoms. The van der Waals surface area contributed by atoms with E-state index in [1.54, 1.807) is 0 Å². The summed E-state index contributed by atoms with van der Waals surface area (Å²) in [5.41, 5.74) is 0.990. The van der Waals surface area contributed by atoms with E-state index in [2.05, 4.69) is 10.1 Å². The number of carbonyl (C=O) groups is 1. The van der Waals surface area contributed by atoms with Crippen LogP contribution in [0, 0.1) is 17.5 Å². The van der Waals surface area contributed by atoms with Crippen molar-refractivity contribution in [3.8, 4) is 0 Å². The molecule has 1 unspecified atom stereocenters. The molecule has 0 aliphatic rings. The maximum absolute atomic E-state index is 13.9. The van der Waals surface area contributed by atoms with Crippen molar-refractivity contribution in [2.45, 2.75) is 31.8 Å². The van der Waals surface area contributed by atoms with E-state index >= 15 is 0 Å². The molecule has 0 aliphatic carbocycles. The number of rotatable bonds is 7. The number of esters is 1. The molecule has 2 atom stereocenters. The molecule has 0 radical (unpaired) electrons. The van der Waals surface area contributed by atoms with Gasteiger partial charge in [-0.25, -0.2) is 13.2 Å². The van der Waals surface area contributed by atoms with E-state index in [0.717, 1.165) is 11.6 Å². The molecule has 25 heavy (non-hydrogen) atoms. The van der Waals surface area contributed by atoms with Crippen LogP contribution in [0.25, 0.3) is 0 Å². The molecule has 2 aromatic rings. The number of nitrogens with one attached hydrogen (secondary N) is 1. The highest BCUT2D eigenvalue weighted by atomic mass is 19.2. The van der Waals surface area contributed by atoms with Crippen molar-refractivity contribution in [1.29, 1.82) is 0 Å². The van der Waals surface area contributed by atoms with Crippen LogP contribution in [0.2, 0.25) is 0 Å². The van der Waals surface area contributed by atoms with E-state index in [1.807, 2.05) is 37.3 Å². The van der Waals surface area contributed by atoms with Crippen LogP contribution in [0.15, 0.2) is 42.5 Å². The van der Waals surface area contributed by atoms with Crippen molar-refractivity contribution in [3.05, 3.63) is 71.0 Å². The fourth-order valence-electron chi connectivity index (χ4n) is 2.65. The zero-order chi connectivity index (χ0) is 18.4. The fraction of sp³-hybridized carbons (Fsp3) is 0.316. The van der Waals surface area contributed by atoms with Crippen molar-refractivity contribution in [1.82, 2.24) is 5.32 Å². The minimum absolute atomic E-state index is 0.000523. The van der Waals surface area contributed by atoms with E-state index in [-0.39, 0.29) is 24.4 Å². The third kappa shape index (κ3) is 5.32. The van der Waals surface area contributed by atoms with Gasteiger partial charge < -0.3 is 10.1 Å². The topological polar surface area (TPSA) is 38.3 Å². The SMILES string of the molecule is COC(=O)C[C@@H](Cc1cc(F)c(F)cc1F)NC(C)c1ccccc1. The summed E-state index contributed by atoms with van der Waals surface area (Å²) in [6.07, 6.45) is 0.00140. The third-order valence-electron chi connectivity index (χ3n) is 3.98. The minimum atomic E-state index is -1.24. The highest BCUT2D eigenvalue weighted by molar-refractivity contribution is 5.70. The molecule has 0 amide bonds. The first-order chi connectivity index (χ1) is 11.9. The Morgan fingerprint density at radius 3 is 2.36 bits per heavy atom. The predicted octanol–water partition coefficient (Wildman–Crippen LogP) is 3.93. The van der Waals surface area contributed by atoms with Gasteiger partial charge in [0.1, 0.15) is 5.82 Å². The fourth-order valence-corrected chi connectivity index (χ4v) is 2.65. The second kappa shape index (κ2) is 8.67. The Labute approximate surface area is 144 Å². The van der Waals surface area contributed by atoms with Crippen LogP contribution in [-0.2, 0) is 16.0 Å². The summed E-state index contributed by atoms with van der Waals surface area (Å²) in [6.45, 7) is 1.90. The lowest BCUT2D eigenvalue weighted by molar-refractivity contribution is -0.141. The van der Waals surface area contributed by atoms with Crippen molar-refractivity contribution < 1.29 is 22.7 Å². The van der Waals surface area contributed by atoms with Crippen molar-refractivity contribution in [2.24, 2.45) is 0 Å². The van der Waals surface area contributed by atoms with Gasteiger partial charge in [-0.15, -0.1) is 0 Å². The van der Waals surface area contributed by atoms with Gasteiger partial charge in [0.2, 0.25) is 0 Å². The maximum Gasteiger partial charge on any atom is 0.307 e. The number of ether oxygens (including phenoxy) is 1. The van der Waals surface area contributed by atoms with Gasteiger partial charge in [-0.3, -0.25) is 4.79 Å². The Morgan fingerprint density at radius 1 is 1.08 bits per heavy atom. The van der Waals surface area contributed by atoms with Crippen molar-refractivity contribution in [2.75, 3.05) is 7.11 Å². The smallest absolute Gasteiger partial charge is 0.307 e. The second-order valence-electron chi connectivity index (χ2n) is 5.84. The van der Waals surface area contributed by atoms with Crippen molar-refractivity contribution in [3.63, 3.8) is 0 Å². The van der Waals surface area contributed by atoms with Gasteiger partial charge in [0.15, 0.2) is 11.6 Å². The van der Waals surface area contributed by atoms with Crippen LogP contribution in [0.4, 0.5) is 13.2 Å². The quantitative estimate of drug-likeness (QED) is 0.607. The Morgan fingerprint density at radius 2 is 1.72 bits per heavy atom. The molecule has 134 valence electrons. The van der Waals surface area contributed by atoms with Gasteiger partial charge >= 0.3 is 5.97 Å². The van der Waals surface area contributed by atoms with Crippen LogP contribution in [0.5, 0.6) is 0 Å².